The summed E-state index contributed by atoms with van der Waals surface area (Å²) in [6.07, 6.45) is 2.95. The van der Waals surface area contributed by atoms with Crippen molar-refractivity contribution in [2.75, 3.05) is 0 Å². The molecule has 2 rings (SSSR count). The lowest BCUT2D eigenvalue weighted by Gasteiger charge is -2.05. The Morgan fingerprint density at radius 3 is 2.67 bits per heavy atom. The molecule has 4 heteroatoms. The molecule has 18 heavy (non-hydrogen) atoms. The Balaban J connectivity index is 2.06. The minimum absolute atomic E-state index is 0.140. The first-order valence-corrected chi connectivity index (χ1v) is 6.02. The van der Waals surface area contributed by atoms with E-state index in [1.165, 1.54) is 0 Å². The fraction of sp³-hybridized carbons (Fsp3) is 0.357. The Labute approximate surface area is 107 Å². The van der Waals surface area contributed by atoms with Gasteiger partial charge in [0.05, 0.1) is 0 Å². The van der Waals surface area contributed by atoms with E-state index in [0.717, 1.165) is 22.6 Å². The van der Waals surface area contributed by atoms with E-state index < -0.39 is 0 Å². The summed E-state index contributed by atoms with van der Waals surface area (Å²) in [5, 5.41) is 4.09. The highest BCUT2D eigenvalue weighted by Crippen LogP contribution is 2.11. The standard InChI is InChI=1S/C14H17N3O/c1-10-4-6-13(11(2)16-10)14(18)7-5-12-8-9-15-17(12)3/h4,6,8-9H,5,7H2,1-3H3. The normalized spacial score (nSPS) is 10.6. The molecule has 0 saturated carbocycles. The quantitative estimate of drug-likeness (QED) is 0.774. The van der Waals surface area contributed by atoms with Gasteiger partial charge >= 0.3 is 0 Å². The highest BCUT2D eigenvalue weighted by molar-refractivity contribution is 5.97. The van der Waals surface area contributed by atoms with Crippen molar-refractivity contribution < 1.29 is 4.79 Å². The van der Waals surface area contributed by atoms with Crippen molar-refractivity contribution in [1.29, 1.82) is 0 Å². The maximum atomic E-state index is 12.1. The molecular weight excluding hydrogens is 226 g/mol. The van der Waals surface area contributed by atoms with Gasteiger partial charge in [0.25, 0.3) is 0 Å². The molecule has 0 unspecified atom stereocenters. The number of nitrogens with zero attached hydrogens (tertiary/aromatic N) is 3. The van der Waals surface area contributed by atoms with Gasteiger partial charge in [0.1, 0.15) is 0 Å². The van der Waals surface area contributed by atoms with E-state index in [4.69, 9.17) is 0 Å². The average Bonchev–Trinajstić information content (AvgIpc) is 2.72. The zero-order valence-electron chi connectivity index (χ0n) is 11.0. The van der Waals surface area contributed by atoms with Crippen molar-refractivity contribution in [2.45, 2.75) is 26.7 Å². The number of aromatic nitrogens is 3. The van der Waals surface area contributed by atoms with E-state index in [1.54, 1.807) is 10.9 Å². The number of pyridine rings is 1. The van der Waals surface area contributed by atoms with Gasteiger partial charge in [-0.15, -0.1) is 0 Å². The molecule has 4 nitrogen and oxygen atoms in total. The first-order valence-electron chi connectivity index (χ1n) is 6.02. The Morgan fingerprint density at radius 2 is 2.06 bits per heavy atom. The van der Waals surface area contributed by atoms with Gasteiger partial charge < -0.3 is 0 Å². The van der Waals surface area contributed by atoms with Crippen molar-refractivity contribution >= 4 is 5.78 Å². The smallest absolute Gasteiger partial charge is 0.165 e. The summed E-state index contributed by atoms with van der Waals surface area (Å²) in [6, 6.07) is 5.68. The summed E-state index contributed by atoms with van der Waals surface area (Å²) >= 11 is 0. The van der Waals surface area contributed by atoms with Crippen LogP contribution in [0.15, 0.2) is 24.4 Å². The van der Waals surface area contributed by atoms with Crippen molar-refractivity contribution in [3.8, 4) is 0 Å². The molecule has 0 amide bonds. The number of ketones is 1. The largest absolute Gasteiger partial charge is 0.294 e. The molecule has 2 heterocycles. The zero-order chi connectivity index (χ0) is 13.1. The van der Waals surface area contributed by atoms with Crippen LogP contribution < -0.4 is 0 Å². The maximum Gasteiger partial charge on any atom is 0.165 e. The number of Topliss-reactive ketones (excluding diaryl/α,β-unsaturated/α-hetero) is 1. The molecule has 0 aliphatic rings. The van der Waals surface area contributed by atoms with Crippen LogP contribution in [0.5, 0.6) is 0 Å². The van der Waals surface area contributed by atoms with Gasteiger partial charge in [0.15, 0.2) is 5.78 Å². The van der Waals surface area contributed by atoms with Crippen molar-refractivity contribution in [3.05, 3.63) is 47.0 Å². The molecule has 0 atom stereocenters. The summed E-state index contributed by atoms with van der Waals surface area (Å²) in [5.74, 6) is 0.140. The predicted molar refractivity (Wildman–Crippen MR) is 69.6 cm³/mol. The third kappa shape index (κ3) is 2.64. The first kappa shape index (κ1) is 12.5. The van der Waals surface area contributed by atoms with Crippen LogP contribution in [0.4, 0.5) is 0 Å². The SMILES string of the molecule is Cc1ccc(C(=O)CCc2ccnn2C)c(C)n1. The van der Waals surface area contributed by atoms with Crippen LogP contribution in [0.3, 0.4) is 0 Å². The molecule has 0 N–H and O–H groups in total. The summed E-state index contributed by atoms with van der Waals surface area (Å²) < 4.78 is 1.80. The number of rotatable bonds is 4. The van der Waals surface area contributed by atoms with Crippen molar-refractivity contribution in [2.24, 2.45) is 7.05 Å². The van der Waals surface area contributed by atoms with Gasteiger partial charge in [-0.1, -0.05) is 0 Å². The molecule has 0 radical (unpaired) electrons. The topological polar surface area (TPSA) is 47.8 Å². The number of hydrogen-bond acceptors (Lipinski definition) is 3. The maximum absolute atomic E-state index is 12.1. The van der Waals surface area contributed by atoms with Crippen LogP contribution in [0, 0.1) is 13.8 Å². The molecule has 0 spiro atoms. The van der Waals surface area contributed by atoms with E-state index in [2.05, 4.69) is 10.1 Å². The van der Waals surface area contributed by atoms with Crippen molar-refractivity contribution in [3.63, 3.8) is 0 Å². The van der Waals surface area contributed by atoms with E-state index in [1.807, 2.05) is 39.1 Å². The fourth-order valence-electron chi connectivity index (χ4n) is 2.00. The summed E-state index contributed by atoms with van der Waals surface area (Å²) in [5.41, 5.74) is 3.55. The van der Waals surface area contributed by atoms with E-state index in [0.29, 0.717) is 12.8 Å². The Bertz CT molecular complexity index is 572. The summed E-state index contributed by atoms with van der Waals surface area (Å²) in [6.45, 7) is 3.81. The molecule has 94 valence electrons. The van der Waals surface area contributed by atoms with E-state index in [-0.39, 0.29) is 5.78 Å². The second-order valence-corrected chi connectivity index (χ2v) is 4.45. The van der Waals surface area contributed by atoms with Crippen LogP contribution in [-0.2, 0) is 13.5 Å². The van der Waals surface area contributed by atoms with Crippen LogP contribution in [-0.4, -0.2) is 20.5 Å². The molecular formula is C14H17N3O. The second kappa shape index (κ2) is 5.12. The van der Waals surface area contributed by atoms with Crippen LogP contribution in [0.2, 0.25) is 0 Å². The monoisotopic (exact) mass is 243 g/mol. The highest BCUT2D eigenvalue weighted by atomic mass is 16.1. The van der Waals surface area contributed by atoms with Gasteiger partial charge in [-0.25, -0.2) is 0 Å². The molecule has 0 fully saturated rings. The van der Waals surface area contributed by atoms with Crippen LogP contribution in [0.1, 0.15) is 33.9 Å². The molecule has 0 bridgehead atoms. The first-order chi connectivity index (χ1) is 8.58. The molecule has 0 aromatic carbocycles. The predicted octanol–water partition coefficient (Wildman–Crippen LogP) is 2.25. The fourth-order valence-corrected chi connectivity index (χ4v) is 2.00. The van der Waals surface area contributed by atoms with E-state index in [9.17, 15) is 4.79 Å². The van der Waals surface area contributed by atoms with Gasteiger partial charge in [0.2, 0.25) is 0 Å². The Kier molecular flexibility index (Phi) is 3.55. The zero-order valence-corrected chi connectivity index (χ0v) is 11.0. The molecule has 0 saturated heterocycles. The minimum atomic E-state index is 0.140. The molecule has 2 aromatic heterocycles. The van der Waals surface area contributed by atoms with Gasteiger partial charge in [0, 0.05) is 42.3 Å². The second-order valence-electron chi connectivity index (χ2n) is 4.45. The Hall–Kier alpha value is -1.97. The van der Waals surface area contributed by atoms with E-state index >= 15 is 0 Å². The van der Waals surface area contributed by atoms with Crippen LogP contribution >= 0.6 is 0 Å². The Morgan fingerprint density at radius 1 is 1.28 bits per heavy atom. The number of hydrogen-bond donors (Lipinski definition) is 0. The molecule has 0 aliphatic carbocycles. The van der Waals surface area contributed by atoms with Gasteiger partial charge in [-0.05, 0) is 38.5 Å². The van der Waals surface area contributed by atoms with Crippen molar-refractivity contribution in [1.82, 2.24) is 14.8 Å². The highest BCUT2D eigenvalue weighted by Gasteiger charge is 2.11. The summed E-state index contributed by atoms with van der Waals surface area (Å²) in [7, 11) is 1.89. The lowest BCUT2D eigenvalue weighted by molar-refractivity contribution is 0.0981. The molecule has 0 aliphatic heterocycles. The summed E-state index contributed by atoms with van der Waals surface area (Å²) in [4.78, 5) is 16.4. The lowest BCUT2D eigenvalue weighted by Crippen LogP contribution is -2.07. The van der Waals surface area contributed by atoms with Crippen LogP contribution in [0.25, 0.3) is 0 Å². The lowest BCUT2D eigenvalue weighted by atomic mass is 10.0. The number of carbonyl (C=O) groups excluding carboxylic acids is 1. The molecule has 2 aromatic rings. The van der Waals surface area contributed by atoms with Gasteiger partial charge in [-0.3, -0.25) is 14.5 Å². The average molecular weight is 243 g/mol. The van der Waals surface area contributed by atoms with Gasteiger partial charge in [-0.2, -0.15) is 5.10 Å². The third-order valence-electron chi connectivity index (χ3n) is 3.06. The minimum Gasteiger partial charge on any atom is -0.294 e. The number of carbonyl (C=O) groups is 1. The third-order valence-corrected chi connectivity index (χ3v) is 3.06. The number of aryl methyl sites for hydroxylation is 4.